The van der Waals surface area contributed by atoms with Crippen molar-refractivity contribution >= 4 is 9.52 Å². The van der Waals surface area contributed by atoms with E-state index >= 15 is 0 Å². The Morgan fingerprint density at radius 1 is 0.474 bits per heavy atom. The zero-order valence-electron chi connectivity index (χ0n) is 14.0. The molecule has 0 rings (SSSR count). The van der Waals surface area contributed by atoms with Gasteiger partial charge in [0.1, 0.15) is 0 Å². The van der Waals surface area contributed by atoms with Gasteiger partial charge in [0.15, 0.2) is 0 Å². The van der Waals surface area contributed by atoms with Gasteiger partial charge < -0.3 is 0 Å². The summed E-state index contributed by atoms with van der Waals surface area (Å²) >= 11 is 0. The quantitative estimate of drug-likeness (QED) is 0.224. The molecular formula is C18H40Si. The van der Waals surface area contributed by atoms with E-state index in [9.17, 15) is 0 Å². The molecular weight excluding hydrogens is 244 g/mol. The molecule has 0 bridgehead atoms. The molecule has 0 fully saturated rings. The minimum atomic E-state index is 0.360. The Bertz CT molecular complexity index is 129. The van der Waals surface area contributed by atoms with Crippen LogP contribution < -0.4 is 0 Å². The molecule has 0 amide bonds. The van der Waals surface area contributed by atoms with Crippen LogP contribution in [-0.2, 0) is 0 Å². The summed E-state index contributed by atoms with van der Waals surface area (Å²) in [6, 6.07) is 3.12. The van der Waals surface area contributed by atoms with Crippen LogP contribution in [0.3, 0.4) is 0 Å². The van der Waals surface area contributed by atoms with Crippen LogP contribution in [0.1, 0.15) is 104 Å². The van der Waals surface area contributed by atoms with E-state index in [-0.39, 0.29) is 0 Å². The number of hydrogen-bond donors (Lipinski definition) is 0. The zero-order chi connectivity index (χ0) is 14.0. The Labute approximate surface area is 126 Å². The second-order valence-electron chi connectivity index (χ2n) is 6.30. The second kappa shape index (κ2) is 18.2. The van der Waals surface area contributed by atoms with Crippen LogP contribution in [0.2, 0.25) is 12.1 Å². The van der Waals surface area contributed by atoms with Gasteiger partial charge in [-0.2, -0.15) is 0 Å². The molecule has 0 heterocycles. The molecule has 0 unspecified atom stereocenters. The molecule has 1 heteroatoms. The summed E-state index contributed by atoms with van der Waals surface area (Å²) in [5.74, 6) is 0. The standard InChI is InChI=1S/C18H40Si/c1-3-5-6-7-8-9-10-11-12-13-14-15-16-17-18-19-4-2/h3-19H2,1-2H3. The van der Waals surface area contributed by atoms with Crippen LogP contribution in [-0.4, -0.2) is 9.52 Å². The first-order valence-corrected chi connectivity index (χ1v) is 11.4. The van der Waals surface area contributed by atoms with Crippen LogP contribution in [0.4, 0.5) is 0 Å². The first-order valence-electron chi connectivity index (χ1n) is 9.41. The first kappa shape index (κ1) is 19.2. The topological polar surface area (TPSA) is 0 Å². The summed E-state index contributed by atoms with van der Waals surface area (Å²) in [7, 11) is 0.360. The van der Waals surface area contributed by atoms with Gasteiger partial charge in [-0.3, -0.25) is 0 Å². The maximum Gasteiger partial charge on any atom is 0.0195 e. The van der Waals surface area contributed by atoms with Crippen LogP contribution in [0, 0.1) is 0 Å². The van der Waals surface area contributed by atoms with Crippen LogP contribution >= 0.6 is 0 Å². The number of unbranched alkanes of at least 4 members (excludes halogenated alkanes) is 13. The van der Waals surface area contributed by atoms with E-state index in [0.717, 1.165) is 0 Å². The van der Waals surface area contributed by atoms with Crippen molar-refractivity contribution in [2.45, 2.75) is 116 Å². The van der Waals surface area contributed by atoms with Crippen molar-refractivity contribution in [2.75, 3.05) is 0 Å². The molecule has 0 aromatic heterocycles. The third-order valence-corrected chi connectivity index (χ3v) is 5.91. The highest BCUT2D eigenvalue weighted by atomic mass is 28.2. The summed E-state index contributed by atoms with van der Waals surface area (Å²) < 4.78 is 0. The van der Waals surface area contributed by atoms with Gasteiger partial charge in [-0.05, 0) is 0 Å². The Kier molecular flexibility index (Phi) is 18.4. The van der Waals surface area contributed by atoms with E-state index in [1.54, 1.807) is 6.04 Å². The molecule has 0 aromatic rings. The van der Waals surface area contributed by atoms with Crippen molar-refractivity contribution in [3.05, 3.63) is 0 Å². The Morgan fingerprint density at radius 2 is 0.842 bits per heavy atom. The molecule has 0 spiro atoms. The maximum absolute atomic E-state index is 2.36. The van der Waals surface area contributed by atoms with Crippen molar-refractivity contribution in [1.29, 1.82) is 0 Å². The highest BCUT2D eigenvalue weighted by Crippen LogP contribution is 2.13. The third-order valence-electron chi connectivity index (χ3n) is 4.21. The summed E-state index contributed by atoms with van der Waals surface area (Å²) in [5.41, 5.74) is 0. The van der Waals surface area contributed by atoms with Crippen molar-refractivity contribution in [3.8, 4) is 0 Å². The summed E-state index contributed by atoms with van der Waals surface area (Å²) in [5, 5.41) is 0. The van der Waals surface area contributed by atoms with E-state index < -0.39 is 0 Å². The molecule has 0 aliphatic carbocycles. The molecule has 116 valence electrons. The predicted octanol–water partition coefficient (Wildman–Crippen LogP) is 6.49. The number of hydrogen-bond acceptors (Lipinski definition) is 0. The monoisotopic (exact) mass is 284 g/mol. The molecule has 0 aliphatic heterocycles. The van der Waals surface area contributed by atoms with Gasteiger partial charge in [-0.1, -0.05) is 116 Å². The summed E-state index contributed by atoms with van der Waals surface area (Å²) in [6.45, 7) is 4.65. The lowest BCUT2D eigenvalue weighted by Crippen LogP contribution is -1.86. The van der Waals surface area contributed by atoms with E-state index in [2.05, 4.69) is 13.8 Å². The minimum absolute atomic E-state index is 0.360. The molecule has 0 saturated carbocycles. The number of rotatable bonds is 16. The van der Waals surface area contributed by atoms with Gasteiger partial charge in [0, 0.05) is 9.52 Å². The fraction of sp³-hybridized carbons (Fsp3) is 1.00. The molecule has 0 radical (unpaired) electrons. The SMILES string of the molecule is CCCCCCCCCCCCCCCC[SiH2]CC. The third kappa shape index (κ3) is 18.2. The van der Waals surface area contributed by atoms with Gasteiger partial charge in [0.05, 0.1) is 0 Å². The smallest absolute Gasteiger partial charge is 0.0195 e. The Morgan fingerprint density at radius 3 is 1.21 bits per heavy atom. The van der Waals surface area contributed by atoms with Crippen molar-refractivity contribution in [2.24, 2.45) is 0 Å². The van der Waals surface area contributed by atoms with Gasteiger partial charge in [-0.15, -0.1) is 0 Å². The lowest BCUT2D eigenvalue weighted by molar-refractivity contribution is 0.538. The fourth-order valence-electron chi connectivity index (χ4n) is 2.80. The first-order chi connectivity index (χ1) is 9.41. The van der Waals surface area contributed by atoms with E-state index in [1.807, 2.05) is 0 Å². The van der Waals surface area contributed by atoms with Crippen molar-refractivity contribution < 1.29 is 0 Å². The van der Waals surface area contributed by atoms with Crippen molar-refractivity contribution in [1.82, 2.24) is 0 Å². The Hall–Kier alpha value is 0.217. The van der Waals surface area contributed by atoms with Gasteiger partial charge in [-0.25, -0.2) is 0 Å². The predicted molar refractivity (Wildman–Crippen MR) is 94.1 cm³/mol. The lowest BCUT2D eigenvalue weighted by atomic mass is 10.0. The van der Waals surface area contributed by atoms with Crippen LogP contribution in [0.5, 0.6) is 0 Å². The molecule has 0 aromatic carbocycles. The molecule has 0 atom stereocenters. The maximum atomic E-state index is 2.36. The highest BCUT2D eigenvalue weighted by Gasteiger charge is 1.94. The average molecular weight is 285 g/mol. The van der Waals surface area contributed by atoms with E-state index in [1.165, 1.54) is 95.9 Å². The highest BCUT2D eigenvalue weighted by molar-refractivity contribution is 6.35. The lowest BCUT2D eigenvalue weighted by Gasteiger charge is -2.03. The molecule has 0 N–H and O–H groups in total. The second-order valence-corrected chi connectivity index (χ2v) is 8.72. The fourth-order valence-corrected chi connectivity index (χ4v) is 4.01. The molecule has 19 heavy (non-hydrogen) atoms. The molecule has 0 nitrogen and oxygen atoms in total. The molecule has 0 saturated heterocycles. The van der Waals surface area contributed by atoms with Crippen molar-refractivity contribution in [3.63, 3.8) is 0 Å². The average Bonchev–Trinajstić information content (AvgIpc) is 2.43. The largest absolute Gasteiger partial charge is 0.0683 e. The van der Waals surface area contributed by atoms with Crippen LogP contribution in [0.15, 0.2) is 0 Å². The van der Waals surface area contributed by atoms with Gasteiger partial charge in [0.25, 0.3) is 0 Å². The zero-order valence-corrected chi connectivity index (χ0v) is 15.4. The molecule has 0 aliphatic rings. The van der Waals surface area contributed by atoms with Gasteiger partial charge in [0.2, 0.25) is 0 Å². The van der Waals surface area contributed by atoms with E-state index in [0.29, 0.717) is 9.52 Å². The normalized spacial score (nSPS) is 11.7. The van der Waals surface area contributed by atoms with E-state index in [4.69, 9.17) is 0 Å². The van der Waals surface area contributed by atoms with Crippen LogP contribution in [0.25, 0.3) is 0 Å². The summed E-state index contributed by atoms with van der Waals surface area (Å²) in [6.07, 6.45) is 20.8. The summed E-state index contributed by atoms with van der Waals surface area (Å²) in [4.78, 5) is 0. The minimum Gasteiger partial charge on any atom is -0.0683 e. The Balaban J connectivity index is 2.88. The van der Waals surface area contributed by atoms with Gasteiger partial charge >= 0.3 is 0 Å².